The van der Waals surface area contributed by atoms with Gasteiger partial charge in [-0.3, -0.25) is 0 Å². The van der Waals surface area contributed by atoms with Gasteiger partial charge < -0.3 is 9.47 Å². The molecule has 0 atom stereocenters. The van der Waals surface area contributed by atoms with Gasteiger partial charge in [-0.1, -0.05) is 11.6 Å². The third-order valence-electron chi connectivity index (χ3n) is 1.08. The first-order chi connectivity index (χ1) is 5.33. The van der Waals surface area contributed by atoms with Crippen LogP contribution in [-0.4, -0.2) is 13.9 Å². The number of rotatable bonds is 3. The topological polar surface area (TPSA) is 18.5 Å². The average molecular weight is 172 g/mol. The van der Waals surface area contributed by atoms with Gasteiger partial charge in [-0.2, -0.15) is 0 Å². The van der Waals surface area contributed by atoms with Gasteiger partial charge in [0.1, 0.15) is 5.75 Å². The molecule has 3 heteroatoms. The van der Waals surface area contributed by atoms with Crippen molar-refractivity contribution in [3.63, 3.8) is 0 Å². The summed E-state index contributed by atoms with van der Waals surface area (Å²) in [6.45, 7) is 0.234. The number of halogens is 1. The van der Waals surface area contributed by atoms with Gasteiger partial charge in [0.05, 0.1) is 0 Å². The van der Waals surface area contributed by atoms with Crippen LogP contribution >= 0.6 is 11.6 Å². The van der Waals surface area contributed by atoms with Gasteiger partial charge in [0.25, 0.3) is 0 Å². The van der Waals surface area contributed by atoms with E-state index < -0.39 is 0 Å². The Morgan fingerprint density at radius 2 is 2.36 bits per heavy atom. The third kappa shape index (κ3) is 2.78. The standard InChI is InChI=1S/C8H8ClO2/c1-10-6-11-8-4-2-7(9)3-5-8/h2-4H,6H2,1H3. The van der Waals surface area contributed by atoms with Crippen LogP contribution in [-0.2, 0) is 4.74 Å². The highest BCUT2D eigenvalue weighted by Crippen LogP contribution is 2.14. The molecule has 0 spiro atoms. The highest BCUT2D eigenvalue weighted by atomic mass is 35.5. The van der Waals surface area contributed by atoms with Crippen molar-refractivity contribution in [3.8, 4) is 5.75 Å². The summed E-state index contributed by atoms with van der Waals surface area (Å²) in [4.78, 5) is 0. The zero-order chi connectivity index (χ0) is 8.10. The number of methoxy groups -OCH3 is 1. The molecule has 0 bridgehead atoms. The highest BCUT2D eigenvalue weighted by molar-refractivity contribution is 6.30. The molecule has 0 aliphatic rings. The second-order valence-electron chi connectivity index (χ2n) is 1.92. The number of benzene rings is 1. The first-order valence-corrected chi connectivity index (χ1v) is 3.49. The normalized spacial score (nSPS) is 9.64. The van der Waals surface area contributed by atoms with E-state index in [2.05, 4.69) is 6.07 Å². The largest absolute Gasteiger partial charge is 0.467 e. The molecule has 0 aliphatic carbocycles. The number of hydrogen-bond donors (Lipinski definition) is 0. The van der Waals surface area contributed by atoms with E-state index in [1.54, 1.807) is 25.3 Å². The highest BCUT2D eigenvalue weighted by Gasteiger charge is 1.91. The SMILES string of the molecule is COCOc1[c]cc(Cl)cc1. The molecule has 0 aromatic heterocycles. The van der Waals surface area contributed by atoms with Crippen molar-refractivity contribution in [1.82, 2.24) is 0 Å². The summed E-state index contributed by atoms with van der Waals surface area (Å²) in [7, 11) is 1.57. The summed E-state index contributed by atoms with van der Waals surface area (Å²) >= 11 is 5.63. The minimum Gasteiger partial charge on any atom is -0.467 e. The second kappa shape index (κ2) is 4.21. The van der Waals surface area contributed by atoms with Crippen LogP contribution in [0.15, 0.2) is 18.2 Å². The van der Waals surface area contributed by atoms with Crippen LogP contribution in [0.5, 0.6) is 5.75 Å². The fourth-order valence-electron chi connectivity index (χ4n) is 0.604. The van der Waals surface area contributed by atoms with E-state index in [0.717, 1.165) is 0 Å². The fraction of sp³-hybridized carbons (Fsp3) is 0.250. The zero-order valence-corrected chi connectivity index (χ0v) is 6.89. The van der Waals surface area contributed by atoms with Crippen molar-refractivity contribution in [2.45, 2.75) is 0 Å². The van der Waals surface area contributed by atoms with E-state index in [4.69, 9.17) is 21.1 Å². The van der Waals surface area contributed by atoms with Crippen LogP contribution in [0.3, 0.4) is 0 Å². The molecule has 1 aromatic rings. The van der Waals surface area contributed by atoms with Crippen molar-refractivity contribution in [3.05, 3.63) is 29.3 Å². The van der Waals surface area contributed by atoms with Gasteiger partial charge in [-0.05, 0) is 18.2 Å². The van der Waals surface area contributed by atoms with E-state index >= 15 is 0 Å². The smallest absolute Gasteiger partial charge is 0.188 e. The Morgan fingerprint density at radius 3 is 2.91 bits per heavy atom. The summed E-state index contributed by atoms with van der Waals surface area (Å²) in [5.74, 6) is 0.635. The van der Waals surface area contributed by atoms with E-state index in [1.165, 1.54) is 0 Å². The average Bonchev–Trinajstić information content (AvgIpc) is 2.04. The lowest BCUT2D eigenvalue weighted by atomic mass is 10.3. The minimum atomic E-state index is 0.234. The Hall–Kier alpha value is -0.730. The summed E-state index contributed by atoms with van der Waals surface area (Å²) in [6, 6.07) is 7.96. The second-order valence-corrected chi connectivity index (χ2v) is 2.36. The summed E-state index contributed by atoms with van der Waals surface area (Å²) in [5, 5.41) is 0.648. The predicted molar refractivity (Wildman–Crippen MR) is 42.8 cm³/mol. The van der Waals surface area contributed by atoms with E-state index in [9.17, 15) is 0 Å². The molecule has 0 fully saturated rings. The lowest BCUT2D eigenvalue weighted by molar-refractivity contribution is 0.0509. The zero-order valence-electron chi connectivity index (χ0n) is 6.13. The van der Waals surface area contributed by atoms with Crippen molar-refractivity contribution >= 4 is 11.6 Å². The maximum Gasteiger partial charge on any atom is 0.188 e. The van der Waals surface area contributed by atoms with Gasteiger partial charge in [0, 0.05) is 18.2 Å². The van der Waals surface area contributed by atoms with Gasteiger partial charge in [0.15, 0.2) is 6.79 Å². The van der Waals surface area contributed by atoms with Gasteiger partial charge in [-0.15, -0.1) is 0 Å². The molecule has 59 valence electrons. The first-order valence-electron chi connectivity index (χ1n) is 3.12. The molecule has 0 aliphatic heterocycles. The Labute approximate surface area is 70.7 Å². The maximum atomic E-state index is 5.63. The number of ether oxygens (including phenoxy) is 2. The van der Waals surface area contributed by atoms with Crippen LogP contribution in [0.2, 0.25) is 5.02 Å². The van der Waals surface area contributed by atoms with Crippen LogP contribution in [0.1, 0.15) is 0 Å². The van der Waals surface area contributed by atoms with E-state index in [0.29, 0.717) is 10.8 Å². The van der Waals surface area contributed by atoms with Crippen molar-refractivity contribution in [1.29, 1.82) is 0 Å². The molecule has 0 amide bonds. The van der Waals surface area contributed by atoms with Crippen molar-refractivity contribution in [2.24, 2.45) is 0 Å². The summed E-state index contributed by atoms with van der Waals surface area (Å²) < 4.78 is 9.77. The maximum absolute atomic E-state index is 5.63. The summed E-state index contributed by atoms with van der Waals surface area (Å²) in [5.41, 5.74) is 0. The van der Waals surface area contributed by atoms with Crippen molar-refractivity contribution < 1.29 is 9.47 Å². The van der Waals surface area contributed by atoms with Crippen LogP contribution in [0.25, 0.3) is 0 Å². The molecule has 1 aromatic carbocycles. The van der Waals surface area contributed by atoms with Gasteiger partial charge >= 0.3 is 0 Å². The van der Waals surface area contributed by atoms with Crippen LogP contribution in [0.4, 0.5) is 0 Å². The van der Waals surface area contributed by atoms with Crippen molar-refractivity contribution in [2.75, 3.05) is 13.9 Å². The lowest BCUT2D eigenvalue weighted by Crippen LogP contribution is -1.98. The molecule has 0 N–H and O–H groups in total. The first kappa shape index (κ1) is 8.37. The summed E-state index contributed by atoms with van der Waals surface area (Å²) in [6.07, 6.45) is 0. The Balaban J connectivity index is 2.52. The molecular weight excluding hydrogens is 164 g/mol. The molecule has 0 heterocycles. The Morgan fingerprint density at radius 1 is 1.55 bits per heavy atom. The molecule has 1 radical (unpaired) electrons. The Bertz CT molecular complexity index is 208. The molecule has 1 rings (SSSR count). The predicted octanol–water partition coefficient (Wildman–Crippen LogP) is 2.12. The monoisotopic (exact) mass is 171 g/mol. The Kier molecular flexibility index (Phi) is 3.20. The quantitative estimate of drug-likeness (QED) is 0.649. The molecule has 0 saturated carbocycles. The molecular formula is C8H8ClO2. The van der Waals surface area contributed by atoms with Gasteiger partial charge in [-0.25, -0.2) is 0 Å². The van der Waals surface area contributed by atoms with Gasteiger partial charge in [0.2, 0.25) is 0 Å². The molecule has 0 saturated heterocycles. The fourth-order valence-corrected chi connectivity index (χ4v) is 0.721. The van der Waals surface area contributed by atoms with E-state index in [-0.39, 0.29) is 6.79 Å². The molecule has 2 nitrogen and oxygen atoms in total. The lowest BCUT2D eigenvalue weighted by Gasteiger charge is -2.02. The van der Waals surface area contributed by atoms with E-state index in [1.807, 2.05) is 0 Å². The minimum absolute atomic E-state index is 0.234. The molecule has 11 heavy (non-hydrogen) atoms. The third-order valence-corrected chi connectivity index (χ3v) is 1.31. The number of hydrogen-bond acceptors (Lipinski definition) is 2. The van der Waals surface area contributed by atoms with Crippen LogP contribution < -0.4 is 4.74 Å². The molecule has 0 unspecified atom stereocenters. The van der Waals surface area contributed by atoms with Crippen LogP contribution in [0, 0.1) is 6.07 Å².